The molecule has 1 N–H and O–H groups in total. The summed E-state index contributed by atoms with van der Waals surface area (Å²) < 4.78 is 1.46. The maximum atomic E-state index is 12.8. The number of nitrogens with zero attached hydrogens (tertiary/aromatic N) is 1. The van der Waals surface area contributed by atoms with Crippen LogP contribution in [0.4, 0.5) is 5.69 Å². The Morgan fingerprint density at radius 1 is 0.760 bits per heavy atom. The Kier molecular flexibility index (Phi) is 3.99. The van der Waals surface area contributed by atoms with Crippen molar-refractivity contribution in [1.82, 2.24) is 4.41 Å². The minimum absolute atomic E-state index is 0.0549. The number of rotatable bonds is 3. The van der Waals surface area contributed by atoms with Crippen LogP contribution in [-0.2, 0) is 0 Å². The summed E-state index contributed by atoms with van der Waals surface area (Å²) in [7, 11) is 0. The van der Waals surface area contributed by atoms with Gasteiger partial charge in [0.1, 0.15) is 0 Å². The van der Waals surface area contributed by atoms with Gasteiger partial charge in [0, 0.05) is 28.6 Å². The van der Waals surface area contributed by atoms with E-state index in [-0.39, 0.29) is 11.7 Å². The summed E-state index contributed by atoms with van der Waals surface area (Å²) in [6.07, 6.45) is 0. The summed E-state index contributed by atoms with van der Waals surface area (Å²) in [6.45, 7) is 0. The van der Waals surface area contributed by atoms with Crippen molar-refractivity contribution in [3.63, 3.8) is 0 Å². The van der Waals surface area contributed by atoms with Gasteiger partial charge in [-0.3, -0.25) is 15.0 Å². The van der Waals surface area contributed by atoms with Gasteiger partial charge in [-0.1, -0.05) is 54.6 Å². The van der Waals surface area contributed by atoms with Crippen LogP contribution in [0.5, 0.6) is 0 Å². The van der Waals surface area contributed by atoms with E-state index in [0.29, 0.717) is 16.7 Å². The maximum Gasteiger partial charge on any atom is 0.282 e. The zero-order valence-electron chi connectivity index (χ0n) is 13.2. The fourth-order valence-electron chi connectivity index (χ4n) is 2.66. The molecule has 0 spiro atoms. The topological polar surface area (TPSA) is 49.4 Å². The Balaban J connectivity index is 1.64. The van der Waals surface area contributed by atoms with E-state index in [9.17, 15) is 9.59 Å². The molecule has 0 radical (unpaired) electrons. The number of anilines is 1. The lowest BCUT2D eigenvalue weighted by Crippen LogP contribution is -2.26. The molecule has 0 saturated carbocycles. The molecule has 1 amide bonds. The third kappa shape index (κ3) is 2.90. The van der Waals surface area contributed by atoms with E-state index in [0.717, 1.165) is 10.6 Å². The second-order valence-electron chi connectivity index (χ2n) is 5.55. The Morgan fingerprint density at radius 2 is 1.40 bits per heavy atom. The first-order chi connectivity index (χ1) is 12.2. The molecular formula is C20H14N2O2S. The second-order valence-corrected chi connectivity index (χ2v) is 6.50. The highest BCUT2D eigenvalue weighted by atomic mass is 32.2. The Labute approximate surface area is 149 Å². The highest BCUT2D eigenvalue weighted by molar-refractivity contribution is 7.98. The normalized spacial score (nSPS) is 12.4. The van der Waals surface area contributed by atoms with Crippen LogP contribution in [0, 0.1) is 0 Å². The molecule has 0 bridgehead atoms. The second kappa shape index (κ2) is 6.45. The van der Waals surface area contributed by atoms with Gasteiger partial charge in [-0.2, -0.15) is 4.41 Å². The van der Waals surface area contributed by atoms with Crippen molar-refractivity contribution in [2.24, 2.45) is 0 Å². The van der Waals surface area contributed by atoms with E-state index in [1.807, 2.05) is 48.5 Å². The maximum absolute atomic E-state index is 12.8. The van der Waals surface area contributed by atoms with Crippen LogP contribution in [0.3, 0.4) is 0 Å². The molecule has 0 unspecified atom stereocenters. The third-order valence-electron chi connectivity index (χ3n) is 3.91. The highest BCUT2D eigenvalue weighted by Crippen LogP contribution is 2.41. The van der Waals surface area contributed by atoms with Crippen LogP contribution in [0.1, 0.15) is 26.3 Å². The van der Waals surface area contributed by atoms with Gasteiger partial charge in [0.25, 0.3) is 5.91 Å². The Hall–Kier alpha value is -3.05. The van der Waals surface area contributed by atoms with Gasteiger partial charge in [-0.05, 0) is 24.3 Å². The molecule has 0 aliphatic carbocycles. The molecule has 0 saturated heterocycles. The molecular weight excluding hydrogens is 332 g/mol. The van der Waals surface area contributed by atoms with Gasteiger partial charge in [0.05, 0.1) is 10.6 Å². The van der Waals surface area contributed by atoms with E-state index < -0.39 is 0 Å². The number of hydrazine groups is 1. The van der Waals surface area contributed by atoms with Crippen LogP contribution < -0.4 is 5.43 Å². The smallest absolute Gasteiger partial charge is 0.282 e. The van der Waals surface area contributed by atoms with Crippen LogP contribution in [-0.4, -0.2) is 16.1 Å². The number of fused-ring (bicyclic) bond motifs is 1. The monoisotopic (exact) mass is 346 g/mol. The molecule has 0 aromatic heterocycles. The fraction of sp³-hybridized carbons (Fsp3) is 0. The van der Waals surface area contributed by atoms with E-state index in [1.54, 1.807) is 30.3 Å². The van der Waals surface area contributed by atoms with Crippen molar-refractivity contribution in [2.75, 3.05) is 5.43 Å². The van der Waals surface area contributed by atoms with E-state index in [4.69, 9.17) is 0 Å². The first-order valence-corrected chi connectivity index (χ1v) is 8.58. The van der Waals surface area contributed by atoms with E-state index >= 15 is 0 Å². The largest absolute Gasteiger partial charge is 0.289 e. The van der Waals surface area contributed by atoms with Crippen molar-refractivity contribution >= 4 is 29.3 Å². The number of hydrogen-bond donors (Lipinski definition) is 1. The molecule has 4 nitrogen and oxygen atoms in total. The zero-order valence-corrected chi connectivity index (χ0v) is 14.0. The lowest BCUT2D eigenvalue weighted by Gasteiger charge is -2.14. The SMILES string of the molecule is O=C(c1ccccc1)c1cccc2c1SN(C(=O)c1ccccc1)N2. The predicted molar refractivity (Wildman–Crippen MR) is 98.4 cm³/mol. The number of nitrogens with one attached hydrogen (secondary N) is 1. The van der Waals surface area contributed by atoms with Crippen LogP contribution in [0.2, 0.25) is 0 Å². The molecule has 1 aliphatic heterocycles. The molecule has 5 heteroatoms. The summed E-state index contributed by atoms with van der Waals surface area (Å²) in [4.78, 5) is 26.2. The number of amides is 1. The minimum Gasteiger partial charge on any atom is -0.289 e. The van der Waals surface area contributed by atoms with Gasteiger partial charge >= 0.3 is 0 Å². The Bertz CT molecular complexity index is 942. The van der Waals surface area contributed by atoms with Crippen molar-refractivity contribution in [3.05, 3.63) is 95.6 Å². The zero-order chi connectivity index (χ0) is 17.2. The van der Waals surface area contributed by atoms with Gasteiger partial charge in [0.15, 0.2) is 5.78 Å². The summed E-state index contributed by atoms with van der Waals surface area (Å²) >= 11 is 1.24. The van der Waals surface area contributed by atoms with Crippen LogP contribution in [0.25, 0.3) is 0 Å². The van der Waals surface area contributed by atoms with Gasteiger partial charge in [-0.25, -0.2) is 0 Å². The Morgan fingerprint density at radius 3 is 2.08 bits per heavy atom. The van der Waals surface area contributed by atoms with Crippen molar-refractivity contribution in [1.29, 1.82) is 0 Å². The number of benzene rings is 3. The summed E-state index contributed by atoms with van der Waals surface area (Å²) in [5, 5.41) is 0. The molecule has 3 aromatic carbocycles. The van der Waals surface area contributed by atoms with Gasteiger partial charge < -0.3 is 0 Å². The number of carbonyl (C=O) groups excluding carboxylic acids is 2. The summed E-state index contributed by atoms with van der Waals surface area (Å²) in [5.74, 6) is -0.208. The summed E-state index contributed by atoms with van der Waals surface area (Å²) in [5.41, 5.74) is 5.64. The highest BCUT2D eigenvalue weighted by Gasteiger charge is 2.29. The van der Waals surface area contributed by atoms with Crippen molar-refractivity contribution in [3.8, 4) is 0 Å². The fourth-order valence-corrected chi connectivity index (χ4v) is 3.65. The standard InChI is InChI=1S/C20H14N2O2S/c23-18(14-8-3-1-4-9-14)16-12-7-13-17-19(16)25-22(21-17)20(24)15-10-5-2-6-11-15/h1-13,21H. The first-order valence-electron chi connectivity index (χ1n) is 7.81. The average Bonchev–Trinajstić information content (AvgIpc) is 3.12. The van der Waals surface area contributed by atoms with E-state index in [1.165, 1.54) is 16.4 Å². The molecule has 25 heavy (non-hydrogen) atoms. The van der Waals surface area contributed by atoms with Crippen LogP contribution in [0.15, 0.2) is 83.8 Å². The molecule has 0 fully saturated rings. The van der Waals surface area contributed by atoms with Gasteiger partial charge in [-0.15, -0.1) is 0 Å². The quantitative estimate of drug-likeness (QED) is 0.564. The summed E-state index contributed by atoms with van der Waals surface area (Å²) in [6, 6.07) is 23.7. The number of carbonyl (C=O) groups is 2. The molecule has 4 rings (SSSR count). The molecule has 1 aliphatic rings. The third-order valence-corrected chi connectivity index (χ3v) is 4.97. The molecule has 1 heterocycles. The molecule has 0 atom stereocenters. The van der Waals surface area contributed by atoms with Crippen molar-refractivity contribution in [2.45, 2.75) is 4.90 Å². The van der Waals surface area contributed by atoms with E-state index in [2.05, 4.69) is 5.43 Å². The first kappa shape index (κ1) is 15.5. The number of ketones is 1. The molecule has 122 valence electrons. The molecule has 3 aromatic rings. The minimum atomic E-state index is -0.153. The predicted octanol–water partition coefficient (Wildman–Crippen LogP) is 4.41. The lowest BCUT2D eigenvalue weighted by molar-refractivity contribution is 0.0892. The average molecular weight is 346 g/mol. The van der Waals surface area contributed by atoms with Crippen LogP contribution >= 0.6 is 11.9 Å². The van der Waals surface area contributed by atoms with Crippen molar-refractivity contribution < 1.29 is 9.59 Å². The number of hydrogen-bond acceptors (Lipinski definition) is 4. The lowest BCUT2D eigenvalue weighted by atomic mass is 10.0. The van der Waals surface area contributed by atoms with Gasteiger partial charge in [0.2, 0.25) is 0 Å².